The summed E-state index contributed by atoms with van der Waals surface area (Å²) in [6, 6.07) is 10.7. The van der Waals surface area contributed by atoms with Gasteiger partial charge in [0.25, 0.3) is 0 Å². The second-order valence-electron chi connectivity index (χ2n) is 3.27. The zero-order chi connectivity index (χ0) is 10.6. The molecule has 14 heavy (non-hydrogen) atoms. The van der Waals surface area contributed by atoms with Crippen molar-refractivity contribution in [3.63, 3.8) is 0 Å². The molecular formula is C11H15NS2. The molecule has 0 aliphatic heterocycles. The number of para-hydroxylation sites is 1. The van der Waals surface area contributed by atoms with Crippen LogP contribution in [-0.4, -0.2) is 16.6 Å². The Morgan fingerprint density at radius 2 is 1.86 bits per heavy atom. The summed E-state index contributed by atoms with van der Waals surface area (Å²) >= 11 is 6.94. The van der Waals surface area contributed by atoms with E-state index in [1.165, 1.54) is 5.69 Å². The summed E-state index contributed by atoms with van der Waals surface area (Å²) in [5, 5.41) is 0. The summed E-state index contributed by atoms with van der Waals surface area (Å²) in [6.45, 7) is 4.30. The predicted octanol–water partition coefficient (Wildman–Crippen LogP) is 3.55. The Morgan fingerprint density at radius 3 is 2.29 bits per heavy atom. The topological polar surface area (TPSA) is 3.24 Å². The van der Waals surface area contributed by atoms with Gasteiger partial charge in [-0.2, -0.15) is 0 Å². The Kier molecular flexibility index (Phi) is 4.42. The Morgan fingerprint density at radius 1 is 1.29 bits per heavy atom. The van der Waals surface area contributed by atoms with Crippen molar-refractivity contribution in [1.29, 1.82) is 0 Å². The van der Waals surface area contributed by atoms with Gasteiger partial charge in [0, 0.05) is 11.7 Å². The molecule has 0 radical (unpaired) electrons. The average molecular weight is 225 g/mol. The van der Waals surface area contributed by atoms with Gasteiger partial charge < -0.3 is 4.90 Å². The lowest BCUT2D eigenvalue weighted by Gasteiger charge is -2.28. The van der Waals surface area contributed by atoms with Crippen LogP contribution < -0.4 is 4.90 Å². The molecule has 3 heteroatoms. The van der Waals surface area contributed by atoms with E-state index in [9.17, 15) is 0 Å². The molecule has 0 bridgehead atoms. The minimum Gasteiger partial charge on any atom is -0.325 e. The van der Waals surface area contributed by atoms with Crippen molar-refractivity contribution < 1.29 is 0 Å². The van der Waals surface area contributed by atoms with Crippen LogP contribution in [0.25, 0.3) is 0 Å². The zero-order valence-corrected chi connectivity index (χ0v) is 10.4. The molecule has 1 nitrogen and oxygen atoms in total. The molecule has 0 amide bonds. The molecule has 0 aliphatic carbocycles. The smallest absolute Gasteiger partial charge is 0.140 e. The van der Waals surface area contributed by atoms with E-state index in [1.54, 1.807) is 11.8 Å². The Balaban J connectivity index is 2.95. The number of hydrogen-bond acceptors (Lipinski definition) is 2. The number of thiocarbonyl (C=S) groups is 1. The Labute approximate surface area is 95.5 Å². The van der Waals surface area contributed by atoms with E-state index in [4.69, 9.17) is 12.2 Å². The van der Waals surface area contributed by atoms with Crippen molar-refractivity contribution in [2.24, 2.45) is 0 Å². The molecule has 1 aromatic rings. The van der Waals surface area contributed by atoms with Crippen LogP contribution in [-0.2, 0) is 0 Å². The minimum absolute atomic E-state index is 0.400. The molecule has 0 aromatic heterocycles. The zero-order valence-electron chi connectivity index (χ0n) is 8.73. The largest absolute Gasteiger partial charge is 0.325 e. The molecule has 0 aliphatic rings. The maximum absolute atomic E-state index is 5.32. The number of anilines is 1. The molecule has 0 unspecified atom stereocenters. The van der Waals surface area contributed by atoms with Gasteiger partial charge >= 0.3 is 0 Å². The van der Waals surface area contributed by atoms with Crippen LogP contribution in [0.5, 0.6) is 0 Å². The standard InChI is InChI=1S/C11H15NS2/c1-9(2)12(11(13)14-3)10-7-5-4-6-8-10/h4-9H,1-3H3. The minimum atomic E-state index is 0.400. The van der Waals surface area contributed by atoms with Gasteiger partial charge in [-0.3, -0.25) is 0 Å². The quantitative estimate of drug-likeness (QED) is 0.709. The number of rotatable bonds is 2. The van der Waals surface area contributed by atoms with Gasteiger partial charge in [0.15, 0.2) is 0 Å². The summed E-state index contributed by atoms with van der Waals surface area (Å²) in [7, 11) is 0. The van der Waals surface area contributed by atoms with Gasteiger partial charge in [-0.05, 0) is 32.2 Å². The van der Waals surface area contributed by atoms with Crippen LogP contribution in [0.4, 0.5) is 5.69 Å². The van der Waals surface area contributed by atoms with Gasteiger partial charge in [-0.15, -0.1) is 11.8 Å². The molecule has 0 atom stereocenters. The van der Waals surface area contributed by atoms with Crippen LogP contribution in [0.15, 0.2) is 30.3 Å². The fraction of sp³-hybridized carbons (Fsp3) is 0.364. The van der Waals surface area contributed by atoms with Crippen molar-refractivity contribution in [2.45, 2.75) is 19.9 Å². The summed E-state index contributed by atoms with van der Waals surface area (Å²) < 4.78 is 0.922. The molecule has 1 aromatic carbocycles. The number of hydrogen-bond donors (Lipinski definition) is 0. The van der Waals surface area contributed by atoms with Crippen LogP contribution in [0.3, 0.4) is 0 Å². The molecule has 76 valence electrons. The first-order chi connectivity index (χ1) is 6.66. The number of benzene rings is 1. The van der Waals surface area contributed by atoms with Crippen LogP contribution in [0.2, 0.25) is 0 Å². The normalized spacial score (nSPS) is 10.3. The fourth-order valence-corrected chi connectivity index (χ4v) is 2.13. The first-order valence-electron chi connectivity index (χ1n) is 4.59. The van der Waals surface area contributed by atoms with Gasteiger partial charge in [0.05, 0.1) is 0 Å². The fourth-order valence-electron chi connectivity index (χ4n) is 1.30. The van der Waals surface area contributed by atoms with Gasteiger partial charge in [-0.25, -0.2) is 0 Å². The molecule has 0 N–H and O–H groups in total. The number of nitrogens with zero attached hydrogens (tertiary/aromatic N) is 1. The molecule has 0 spiro atoms. The summed E-state index contributed by atoms with van der Waals surface area (Å²) in [5.41, 5.74) is 1.17. The van der Waals surface area contributed by atoms with E-state index in [2.05, 4.69) is 30.9 Å². The lowest BCUT2D eigenvalue weighted by Crippen LogP contribution is -2.33. The predicted molar refractivity (Wildman–Crippen MR) is 70.2 cm³/mol. The summed E-state index contributed by atoms with van der Waals surface area (Å²) in [5.74, 6) is 0. The first kappa shape index (κ1) is 11.5. The molecule has 0 saturated carbocycles. The van der Waals surface area contributed by atoms with E-state index >= 15 is 0 Å². The van der Waals surface area contributed by atoms with E-state index in [-0.39, 0.29) is 0 Å². The highest BCUT2D eigenvalue weighted by molar-refractivity contribution is 8.22. The maximum atomic E-state index is 5.32. The number of thioether (sulfide) groups is 1. The molecule has 1 rings (SSSR count). The van der Waals surface area contributed by atoms with Gasteiger partial charge in [0.1, 0.15) is 4.32 Å². The molecular weight excluding hydrogens is 210 g/mol. The molecule has 0 saturated heterocycles. The van der Waals surface area contributed by atoms with Crippen molar-refractivity contribution in [3.8, 4) is 0 Å². The monoisotopic (exact) mass is 225 g/mol. The van der Waals surface area contributed by atoms with Crippen molar-refractivity contribution >= 4 is 34.0 Å². The average Bonchev–Trinajstić information content (AvgIpc) is 2.19. The Hall–Kier alpha value is -0.540. The van der Waals surface area contributed by atoms with E-state index in [0.29, 0.717) is 6.04 Å². The second kappa shape index (κ2) is 5.37. The molecule has 0 fully saturated rings. The lowest BCUT2D eigenvalue weighted by atomic mass is 10.2. The van der Waals surface area contributed by atoms with Gasteiger partial charge in [-0.1, -0.05) is 30.4 Å². The Bertz CT molecular complexity index is 295. The lowest BCUT2D eigenvalue weighted by molar-refractivity contribution is 0.817. The van der Waals surface area contributed by atoms with E-state index < -0.39 is 0 Å². The van der Waals surface area contributed by atoms with Crippen LogP contribution in [0.1, 0.15) is 13.8 Å². The van der Waals surface area contributed by atoms with E-state index in [1.807, 2.05) is 24.5 Å². The highest BCUT2D eigenvalue weighted by Crippen LogP contribution is 2.20. The highest BCUT2D eigenvalue weighted by atomic mass is 32.2. The molecule has 0 heterocycles. The highest BCUT2D eigenvalue weighted by Gasteiger charge is 2.13. The van der Waals surface area contributed by atoms with Crippen molar-refractivity contribution in [3.05, 3.63) is 30.3 Å². The van der Waals surface area contributed by atoms with E-state index in [0.717, 1.165) is 4.32 Å². The summed E-state index contributed by atoms with van der Waals surface area (Å²) in [4.78, 5) is 2.17. The summed E-state index contributed by atoms with van der Waals surface area (Å²) in [6.07, 6.45) is 2.01. The van der Waals surface area contributed by atoms with Crippen LogP contribution >= 0.6 is 24.0 Å². The van der Waals surface area contributed by atoms with Crippen LogP contribution in [0, 0.1) is 0 Å². The van der Waals surface area contributed by atoms with Crippen molar-refractivity contribution in [2.75, 3.05) is 11.2 Å². The van der Waals surface area contributed by atoms with Crippen molar-refractivity contribution in [1.82, 2.24) is 0 Å². The van der Waals surface area contributed by atoms with Gasteiger partial charge in [0.2, 0.25) is 0 Å². The third-order valence-electron chi connectivity index (χ3n) is 1.92. The maximum Gasteiger partial charge on any atom is 0.140 e. The third-order valence-corrected chi connectivity index (χ3v) is 3.16. The third kappa shape index (κ3) is 2.72. The SMILES string of the molecule is CSC(=S)N(c1ccccc1)C(C)C. The first-order valence-corrected chi connectivity index (χ1v) is 6.22. The second-order valence-corrected chi connectivity index (χ2v) is 4.71.